The van der Waals surface area contributed by atoms with Crippen LogP contribution in [0.15, 0.2) is 11.1 Å². The van der Waals surface area contributed by atoms with E-state index in [0.29, 0.717) is 0 Å². The number of hydrogen-bond donors (Lipinski definition) is 8. The predicted molar refractivity (Wildman–Crippen MR) is 112 cm³/mol. The molecule has 1 aliphatic heterocycles. The summed E-state index contributed by atoms with van der Waals surface area (Å²) < 4.78 is 65.9. The van der Waals surface area contributed by atoms with E-state index in [1.807, 2.05) is 0 Å². The first-order valence-electron chi connectivity index (χ1n) is 9.01. The molecule has 2 aromatic rings. The van der Waals surface area contributed by atoms with Crippen molar-refractivity contribution in [3.05, 3.63) is 16.7 Å². The zero-order valence-corrected chi connectivity index (χ0v) is 20.6. The normalized spacial score (nSPS) is 24.9. The Bertz CT molecular complexity index is 1350. The van der Waals surface area contributed by atoms with Crippen molar-refractivity contribution in [2.75, 3.05) is 18.2 Å². The Labute approximate surface area is 193 Å². The van der Waals surface area contributed by atoms with Crippen molar-refractivity contribution in [1.82, 2.24) is 19.5 Å². The number of anilines is 1. The number of aromatic amines is 1. The first-order valence-corrected chi connectivity index (χ1v) is 15.6. The van der Waals surface area contributed by atoms with E-state index in [1.54, 1.807) is 0 Å². The van der Waals surface area contributed by atoms with E-state index < -0.39 is 73.8 Å². The van der Waals surface area contributed by atoms with Crippen LogP contribution in [0.4, 0.5) is 5.95 Å². The van der Waals surface area contributed by atoms with Gasteiger partial charge in [0.25, 0.3) is 5.56 Å². The van der Waals surface area contributed by atoms with Crippen molar-refractivity contribution >= 4 is 47.9 Å². The van der Waals surface area contributed by atoms with Crippen molar-refractivity contribution in [2.24, 2.45) is 0 Å². The Balaban J connectivity index is 1.88. The number of nitrogen functional groups attached to an aromatic ring is 1. The third kappa shape index (κ3) is 7.82. The van der Waals surface area contributed by atoms with E-state index in [0.717, 1.165) is 10.9 Å². The molecular weight excluding hydrogens is 566 g/mol. The van der Waals surface area contributed by atoms with Crippen molar-refractivity contribution < 1.29 is 65.7 Å². The lowest BCUT2D eigenvalue weighted by Crippen LogP contribution is -2.28. The zero-order chi connectivity index (χ0) is 26.4. The van der Waals surface area contributed by atoms with Gasteiger partial charge in [0, 0.05) is 6.42 Å². The van der Waals surface area contributed by atoms with Crippen LogP contribution in [0.25, 0.3) is 11.2 Å². The molecule has 24 heteroatoms. The molecule has 0 saturated carbocycles. The molecule has 198 valence electrons. The highest BCUT2D eigenvalue weighted by Crippen LogP contribution is 2.60. The predicted octanol–water partition coefficient (Wildman–Crippen LogP) is -1.08. The monoisotopic (exact) mass is 585 g/mol. The number of phosphoric ester groups is 1. The molecule has 35 heavy (non-hydrogen) atoms. The van der Waals surface area contributed by atoms with Crippen molar-refractivity contribution in [3.8, 4) is 0 Å². The molecule has 9 N–H and O–H groups in total. The maximum atomic E-state index is 12.0. The van der Waals surface area contributed by atoms with Crippen LogP contribution in [0.1, 0.15) is 12.6 Å². The minimum absolute atomic E-state index is 0.0930. The molecule has 1 fully saturated rings. The first-order chi connectivity index (χ1) is 15.8. The fourth-order valence-electron chi connectivity index (χ4n) is 3.07. The summed E-state index contributed by atoms with van der Waals surface area (Å²) in [6, 6.07) is 0. The van der Waals surface area contributed by atoms with Gasteiger partial charge < -0.3 is 44.4 Å². The van der Waals surface area contributed by atoms with Gasteiger partial charge in [-0.05, 0) is 0 Å². The molecule has 5 atom stereocenters. The van der Waals surface area contributed by atoms with E-state index >= 15 is 0 Å². The second-order valence-corrected chi connectivity index (χ2v) is 13.8. The number of phosphoric acid groups is 2. The Morgan fingerprint density at radius 3 is 2.43 bits per heavy atom. The fraction of sp³-hybridized carbons (Fsp3) is 0.545. The number of rotatable bonds is 10. The summed E-state index contributed by atoms with van der Waals surface area (Å²) in [5.74, 6) is -1.83. The van der Waals surface area contributed by atoms with E-state index in [9.17, 15) is 32.8 Å². The van der Waals surface area contributed by atoms with Crippen LogP contribution in [0.2, 0.25) is 0 Å². The van der Waals surface area contributed by atoms with Crippen molar-refractivity contribution in [1.29, 1.82) is 0 Å². The van der Waals surface area contributed by atoms with Gasteiger partial charge in [-0.15, -0.1) is 0 Å². The summed E-state index contributed by atoms with van der Waals surface area (Å²) in [4.78, 5) is 76.7. The Morgan fingerprint density at radius 1 is 1.17 bits per heavy atom. The van der Waals surface area contributed by atoms with Gasteiger partial charge in [-0.3, -0.25) is 28.0 Å². The summed E-state index contributed by atoms with van der Waals surface area (Å²) in [7, 11) is -20.8. The van der Waals surface area contributed by atoms with Gasteiger partial charge in [-0.2, -0.15) is 9.29 Å². The van der Waals surface area contributed by atoms with Gasteiger partial charge in [-0.25, -0.2) is 14.1 Å². The third-order valence-corrected chi connectivity index (χ3v) is 9.89. The molecule has 5 unspecified atom stereocenters. The summed E-state index contributed by atoms with van der Waals surface area (Å²) in [5.41, 5.74) is 4.55. The molecule has 3 rings (SSSR count). The van der Waals surface area contributed by atoms with Crippen molar-refractivity contribution in [2.45, 2.75) is 24.9 Å². The van der Waals surface area contributed by atoms with Crippen LogP contribution in [0.3, 0.4) is 0 Å². The lowest BCUT2D eigenvalue weighted by atomic mass is 10.2. The molecule has 0 aromatic carbocycles. The van der Waals surface area contributed by atoms with Crippen LogP contribution >= 0.6 is 30.8 Å². The fourth-order valence-corrected chi connectivity index (χ4v) is 7.44. The quantitative estimate of drug-likeness (QED) is 0.154. The topological polar surface area (TPSA) is 316 Å². The molecule has 0 radical (unpaired) electrons. The standard InChI is InChI=1S/C11H19N5O15P4/c12-11-14-9-8(10(17)15-11)13-3-16(9)7-1-5(30-35(26,27)31-34(23,24)25)6(29-7)2-28-33(21,22)4-32(18,19)20/h3,5-7H,1-2,4H2,(H,21,22)(H,26,27)(H2,18,19,20)(H2,23,24,25)(H3,12,14,15,17). The molecule has 0 aliphatic carbocycles. The molecule has 0 spiro atoms. The molecule has 0 amide bonds. The van der Waals surface area contributed by atoms with E-state index in [2.05, 4.69) is 23.8 Å². The summed E-state index contributed by atoms with van der Waals surface area (Å²) in [6.45, 7) is -0.937. The summed E-state index contributed by atoms with van der Waals surface area (Å²) >= 11 is 0. The number of nitrogens with two attached hydrogens (primary N) is 1. The maximum Gasteiger partial charge on any atom is 0.481 e. The number of nitrogens with zero attached hydrogens (tertiary/aromatic N) is 3. The largest absolute Gasteiger partial charge is 0.481 e. The van der Waals surface area contributed by atoms with Crippen LogP contribution in [0, 0.1) is 0 Å². The van der Waals surface area contributed by atoms with E-state index in [4.69, 9.17) is 34.6 Å². The van der Waals surface area contributed by atoms with Crippen molar-refractivity contribution in [3.63, 3.8) is 0 Å². The molecular formula is C11H19N5O15P4. The number of nitrogens with one attached hydrogen (secondary N) is 1. The second kappa shape index (κ2) is 9.85. The number of hydrogen-bond acceptors (Lipinski definition) is 12. The van der Waals surface area contributed by atoms with Crippen LogP contribution in [-0.2, 0) is 36.4 Å². The molecule has 1 aliphatic rings. The summed E-state index contributed by atoms with van der Waals surface area (Å²) in [6.07, 6.45) is -3.66. The number of fused-ring (bicyclic) bond motifs is 1. The number of H-pyrrole nitrogens is 1. The zero-order valence-electron chi connectivity index (χ0n) is 17.0. The van der Waals surface area contributed by atoms with Gasteiger partial charge >= 0.3 is 30.8 Å². The average molecular weight is 585 g/mol. The smallest absolute Gasteiger partial charge is 0.369 e. The Hall–Kier alpha value is -1.33. The molecule has 0 bridgehead atoms. The molecule has 2 aromatic heterocycles. The molecule has 20 nitrogen and oxygen atoms in total. The average Bonchev–Trinajstić information content (AvgIpc) is 3.19. The Morgan fingerprint density at radius 2 is 1.83 bits per heavy atom. The van der Waals surface area contributed by atoms with E-state index in [1.165, 1.54) is 0 Å². The van der Waals surface area contributed by atoms with Crippen LogP contribution in [0.5, 0.6) is 0 Å². The number of aromatic nitrogens is 4. The highest BCUT2D eigenvalue weighted by atomic mass is 31.3. The van der Waals surface area contributed by atoms with Gasteiger partial charge in [0.15, 0.2) is 17.1 Å². The van der Waals surface area contributed by atoms with Gasteiger partial charge in [0.2, 0.25) is 5.95 Å². The SMILES string of the molecule is Nc1nc2c(ncn2C2CC(OP(=O)(O)OP(=O)(O)O)C(COP(=O)(O)CP(=O)(O)O)O2)c(=O)[nH]1. The highest BCUT2D eigenvalue weighted by molar-refractivity contribution is 7.70. The number of ether oxygens (including phenoxy) is 1. The lowest BCUT2D eigenvalue weighted by molar-refractivity contribution is -0.0388. The minimum Gasteiger partial charge on any atom is -0.369 e. The highest BCUT2D eigenvalue weighted by Gasteiger charge is 2.45. The van der Waals surface area contributed by atoms with Crippen LogP contribution < -0.4 is 11.3 Å². The lowest BCUT2D eigenvalue weighted by Gasteiger charge is -2.22. The minimum atomic E-state index is -5.49. The third-order valence-electron chi connectivity index (χ3n) is 4.22. The summed E-state index contributed by atoms with van der Waals surface area (Å²) in [5, 5.41) is 0. The second-order valence-electron chi connectivity index (χ2n) is 7.06. The number of imidazole rings is 1. The molecule has 1 saturated heterocycles. The van der Waals surface area contributed by atoms with Gasteiger partial charge in [-0.1, -0.05) is 0 Å². The molecule has 3 heterocycles. The van der Waals surface area contributed by atoms with Gasteiger partial charge in [0.1, 0.15) is 18.4 Å². The Kier molecular flexibility index (Phi) is 7.95. The first kappa shape index (κ1) is 28.2. The van der Waals surface area contributed by atoms with Gasteiger partial charge in [0.05, 0.1) is 12.9 Å². The van der Waals surface area contributed by atoms with E-state index in [-0.39, 0.29) is 17.1 Å². The van der Waals surface area contributed by atoms with Crippen LogP contribution in [-0.4, -0.2) is 73.6 Å². The maximum absolute atomic E-state index is 12.0.